The maximum atomic E-state index is 12.5. The van der Waals surface area contributed by atoms with Crippen LogP contribution in [0.3, 0.4) is 0 Å². The summed E-state index contributed by atoms with van der Waals surface area (Å²) in [6.45, 7) is 5.38. The molecule has 2 bridgehead atoms. The minimum absolute atomic E-state index is 0.216. The van der Waals surface area contributed by atoms with Crippen molar-refractivity contribution in [1.82, 2.24) is 5.06 Å². The second kappa shape index (κ2) is 4.93. The molecule has 0 unspecified atom stereocenters. The summed E-state index contributed by atoms with van der Waals surface area (Å²) in [5.74, 6) is -2.24. The van der Waals surface area contributed by atoms with Crippen molar-refractivity contribution >= 4 is 23.8 Å². The number of carbonyl (C=O) groups is 4. The largest absolute Gasteiger partial charge is 0.460 e. The molecular weight excluding hydrogens is 338 g/mol. The van der Waals surface area contributed by atoms with Crippen molar-refractivity contribution in [1.29, 1.82) is 0 Å². The van der Waals surface area contributed by atoms with E-state index in [1.54, 1.807) is 32.9 Å². The van der Waals surface area contributed by atoms with Crippen LogP contribution in [0, 0.1) is 10.8 Å². The van der Waals surface area contributed by atoms with Gasteiger partial charge in [0.2, 0.25) is 0 Å². The molecule has 3 aliphatic carbocycles. The zero-order chi connectivity index (χ0) is 18.9. The van der Waals surface area contributed by atoms with E-state index in [1.165, 1.54) is 12.1 Å². The molecule has 1 aromatic carbocycles. The minimum Gasteiger partial charge on any atom is -0.460 e. The molecule has 0 radical (unpaired) electrons. The Hall–Kier alpha value is -2.70. The molecule has 2 amide bonds. The first-order valence-electron chi connectivity index (χ1n) is 8.51. The van der Waals surface area contributed by atoms with E-state index in [0.29, 0.717) is 24.3 Å². The van der Waals surface area contributed by atoms with Gasteiger partial charge in [-0.1, -0.05) is 17.2 Å². The fourth-order valence-electron chi connectivity index (χ4n) is 4.04. The smallest absolute Gasteiger partial charge is 0.339 e. The standard InChI is InChI=1S/C19H19NO6/c1-17(2,3)25-15(23)18-8-19(9-18,10-18)16(24)26-20-13(21)11-6-4-5-7-12(11)14(20)22/h4-7H,8-10H2,1-3H3. The van der Waals surface area contributed by atoms with Gasteiger partial charge in [-0.3, -0.25) is 14.4 Å². The van der Waals surface area contributed by atoms with E-state index in [1.807, 2.05) is 0 Å². The molecule has 7 nitrogen and oxygen atoms in total. The Morgan fingerprint density at radius 3 is 1.85 bits per heavy atom. The van der Waals surface area contributed by atoms with Gasteiger partial charge in [0, 0.05) is 0 Å². The molecule has 1 aliphatic heterocycles. The number of ether oxygens (including phenoxy) is 1. The number of imide groups is 1. The number of fused-ring (bicyclic) bond motifs is 1. The van der Waals surface area contributed by atoms with Crippen LogP contribution in [-0.4, -0.2) is 34.4 Å². The topological polar surface area (TPSA) is 90.0 Å². The third kappa shape index (κ3) is 2.19. The summed E-state index contributed by atoms with van der Waals surface area (Å²) in [4.78, 5) is 54.5. The van der Waals surface area contributed by atoms with Crippen molar-refractivity contribution in [3.8, 4) is 0 Å². The molecule has 1 heterocycles. The molecule has 0 atom stereocenters. The number of amides is 2. The third-order valence-corrected chi connectivity index (χ3v) is 5.23. The van der Waals surface area contributed by atoms with Gasteiger partial charge in [0.25, 0.3) is 11.8 Å². The van der Waals surface area contributed by atoms with Crippen LogP contribution < -0.4 is 0 Å². The fraction of sp³-hybridized carbons (Fsp3) is 0.474. The highest BCUT2D eigenvalue weighted by molar-refractivity contribution is 6.21. The molecule has 5 rings (SSSR count). The highest BCUT2D eigenvalue weighted by Gasteiger charge is 2.77. The van der Waals surface area contributed by atoms with Crippen molar-refractivity contribution in [3.05, 3.63) is 35.4 Å². The predicted molar refractivity (Wildman–Crippen MR) is 87.6 cm³/mol. The number of rotatable bonds is 3. The SMILES string of the molecule is CC(C)(C)OC(=O)C12CC(C(=O)ON3C(=O)c4ccccc4C3=O)(C1)C2. The van der Waals surface area contributed by atoms with E-state index in [2.05, 4.69) is 0 Å². The Balaban J connectivity index is 1.41. The van der Waals surface area contributed by atoms with E-state index in [-0.39, 0.29) is 17.1 Å². The average molecular weight is 357 g/mol. The zero-order valence-corrected chi connectivity index (χ0v) is 14.8. The lowest BCUT2D eigenvalue weighted by molar-refractivity contribution is -0.252. The van der Waals surface area contributed by atoms with Crippen molar-refractivity contribution in [3.63, 3.8) is 0 Å². The first-order chi connectivity index (χ1) is 12.1. The maximum Gasteiger partial charge on any atom is 0.339 e. The van der Waals surface area contributed by atoms with Crippen LogP contribution in [0.4, 0.5) is 0 Å². The quantitative estimate of drug-likeness (QED) is 0.609. The van der Waals surface area contributed by atoms with Gasteiger partial charge in [-0.25, -0.2) is 4.79 Å². The van der Waals surface area contributed by atoms with Crippen LogP contribution in [-0.2, 0) is 19.2 Å². The Kier molecular flexibility index (Phi) is 3.18. The summed E-state index contributed by atoms with van der Waals surface area (Å²) in [5, 5.41) is 0.521. The van der Waals surface area contributed by atoms with E-state index in [4.69, 9.17) is 9.57 Å². The summed E-state index contributed by atoms with van der Waals surface area (Å²) in [7, 11) is 0. The molecule has 26 heavy (non-hydrogen) atoms. The number of esters is 1. The normalized spacial score (nSPS) is 28.8. The van der Waals surface area contributed by atoms with E-state index in [9.17, 15) is 19.2 Å². The van der Waals surface area contributed by atoms with Crippen LogP contribution in [0.5, 0.6) is 0 Å². The van der Waals surface area contributed by atoms with E-state index in [0.717, 1.165) is 0 Å². The monoisotopic (exact) mass is 357 g/mol. The maximum absolute atomic E-state index is 12.5. The van der Waals surface area contributed by atoms with Crippen LogP contribution in [0.2, 0.25) is 0 Å². The molecule has 1 aromatic rings. The van der Waals surface area contributed by atoms with Crippen molar-refractivity contribution in [2.45, 2.75) is 45.6 Å². The van der Waals surface area contributed by atoms with Gasteiger partial charge < -0.3 is 9.57 Å². The Morgan fingerprint density at radius 2 is 1.38 bits per heavy atom. The van der Waals surface area contributed by atoms with Crippen LogP contribution >= 0.6 is 0 Å². The molecule has 4 aliphatic rings. The van der Waals surface area contributed by atoms with Crippen molar-refractivity contribution in [2.24, 2.45) is 10.8 Å². The molecule has 0 spiro atoms. The number of hydrogen-bond donors (Lipinski definition) is 0. The van der Waals surface area contributed by atoms with Crippen LogP contribution in [0.15, 0.2) is 24.3 Å². The van der Waals surface area contributed by atoms with Gasteiger partial charge in [-0.15, -0.1) is 0 Å². The molecule has 3 saturated carbocycles. The summed E-state index contributed by atoms with van der Waals surface area (Å²) >= 11 is 0. The molecule has 0 saturated heterocycles. The Labute approximate surface area is 150 Å². The molecule has 3 fully saturated rings. The van der Waals surface area contributed by atoms with Gasteiger partial charge in [0.15, 0.2) is 0 Å². The second-order valence-corrected chi connectivity index (χ2v) is 8.42. The zero-order valence-electron chi connectivity index (χ0n) is 14.8. The third-order valence-electron chi connectivity index (χ3n) is 5.23. The van der Waals surface area contributed by atoms with Crippen LogP contribution in [0.25, 0.3) is 0 Å². The number of carbonyl (C=O) groups excluding carboxylic acids is 4. The first kappa shape index (κ1) is 16.8. The molecule has 7 heteroatoms. The number of nitrogens with zero attached hydrogens (tertiary/aromatic N) is 1. The molecule has 0 aromatic heterocycles. The van der Waals surface area contributed by atoms with Gasteiger partial charge >= 0.3 is 11.9 Å². The highest BCUT2D eigenvalue weighted by Crippen LogP contribution is 2.74. The number of hydroxylamine groups is 2. The van der Waals surface area contributed by atoms with Gasteiger partial charge in [-0.2, -0.15) is 0 Å². The van der Waals surface area contributed by atoms with Crippen molar-refractivity contribution < 1.29 is 28.8 Å². The van der Waals surface area contributed by atoms with Crippen LogP contribution in [0.1, 0.15) is 60.7 Å². The van der Waals surface area contributed by atoms with Gasteiger partial charge in [0.1, 0.15) is 5.60 Å². The summed E-state index contributed by atoms with van der Waals surface area (Å²) in [5.41, 5.74) is -1.58. The summed E-state index contributed by atoms with van der Waals surface area (Å²) < 4.78 is 5.41. The lowest BCUT2D eigenvalue weighted by Gasteiger charge is -2.66. The molecular formula is C19H19NO6. The second-order valence-electron chi connectivity index (χ2n) is 8.42. The van der Waals surface area contributed by atoms with E-state index < -0.39 is 34.2 Å². The predicted octanol–water partition coefficient (Wildman–Crippen LogP) is 2.25. The highest BCUT2D eigenvalue weighted by atomic mass is 16.7. The summed E-state index contributed by atoms with van der Waals surface area (Å²) in [6.07, 6.45) is 0.991. The lowest BCUT2D eigenvalue weighted by Crippen LogP contribution is -2.70. The minimum atomic E-state index is -0.799. The first-order valence-corrected chi connectivity index (χ1v) is 8.51. The lowest BCUT2D eigenvalue weighted by atomic mass is 9.35. The van der Waals surface area contributed by atoms with Gasteiger partial charge in [-0.05, 0) is 52.2 Å². The fourth-order valence-corrected chi connectivity index (χ4v) is 4.04. The number of hydrogen-bond acceptors (Lipinski definition) is 6. The van der Waals surface area contributed by atoms with Gasteiger partial charge in [0.05, 0.1) is 22.0 Å². The Bertz CT molecular complexity index is 810. The van der Waals surface area contributed by atoms with E-state index >= 15 is 0 Å². The molecule has 0 N–H and O–H groups in total. The molecule has 136 valence electrons. The average Bonchev–Trinajstić information content (AvgIpc) is 2.68. The Morgan fingerprint density at radius 1 is 0.923 bits per heavy atom. The summed E-state index contributed by atoms with van der Waals surface area (Å²) in [6, 6.07) is 6.31. The van der Waals surface area contributed by atoms with Crippen molar-refractivity contribution in [2.75, 3.05) is 0 Å². The number of benzene rings is 1.